The fraction of sp³-hybridized carbons (Fsp3) is 0.650. The van der Waals surface area contributed by atoms with Gasteiger partial charge in [0.2, 0.25) is 11.8 Å². The lowest BCUT2D eigenvalue weighted by atomic mass is 9.95. The van der Waals surface area contributed by atoms with Crippen LogP contribution < -0.4 is 4.74 Å². The topological polar surface area (TPSA) is 62.7 Å². The normalized spacial score (nSPS) is 15.0. The van der Waals surface area contributed by atoms with Gasteiger partial charge in [-0.15, -0.1) is 0 Å². The molecule has 144 valence electrons. The molecule has 6 heteroatoms. The lowest BCUT2D eigenvalue weighted by Crippen LogP contribution is -2.43. The van der Waals surface area contributed by atoms with Crippen molar-refractivity contribution in [1.29, 1.82) is 0 Å². The number of aromatic nitrogens is 1. The van der Waals surface area contributed by atoms with Crippen molar-refractivity contribution in [3.63, 3.8) is 0 Å². The standard InChI is InChI=1S/C20H31N3O3/c1-6-7-18(24)23-10-8-16(9-11-23)20(25)22(4)13-17-15(3)19(26-5)14(2)12-21-17/h12,16H,6-11,13H2,1-5H3. The maximum absolute atomic E-state index is 12.8. The third-order valence-electron chi connectivity index (χ3n) is 5.17. The number of hydrogen-bond donors (Lipinski definition) is 0. The first-order chi connectivity index (χ1) is 12.4. The maximum Gasteiger partial charge on any atom is 0.225 e. The van der Waals surface area contributed by atoms with Crippen molar-refractivity contribution in [1.82, 2.24) is 14.8 Å². The van der Waals surface area contributed by atoms with Gasteiger partial charge in [0.1, 0.15) is 5.75 Å². The van der Waals surface area contributed by atoms with Crippen LogP contribution >= 0.6 is 0 Å². The zero-order valence-electron chi connectivity index (χ0n) is 16.7. The molecule has 1 aliphatic rings. The summed E-state index contributed by atoms with van der Waals surface area (Å²) in [7, 11) is 3.48. The van der Waals surface area contributed by atoms with Crippen LogP contribution in [-0.4, -0.2) is 53.8 Å². The number of carbonyl (C=O) groups is 2. The summed E-state index contributed by atoms with van der Waals surface area (Å²) in [5, 5.41) is 0. The number of rotatable bonds is 6. The minimum absolute atomic E-state index is 0.0154. The van der Waals surface area contributed by atoms with Gasteiger partial charge in [-0.2, -0.15) is 0 Å². The van der Waals surface area contributed by atoms with Gasteiger partial charge in [0, 0.05) is 49.8 Å². The smallest absolute Gasteiger partial charge is 0.225 e. The quantitative estimate of drug-likeness (QED) is 0.781. The molecule has 1 aromatic heterocycles. The highest BCUT2D eigenvalue weighted by Crippen LogP contribution is 2.26. The molecule has 26 heavy (non-hydrogen) atoms. The van der Waals surface area contributed by atoms with Gasteiger partial charge in [0.25, 0.3) is 0 Å². The molecule has 2 heterocycles. The molecule has 1 aliphatic heterocycles. The highest BCUT2D eigenvalue weighted by atomic mass is 16.5. The second-order valence-electron chi connectivity index (χ2n) is 7.15. The number of aryl methyl sites for hydroxylation is 1. The minimum Gasteiger partial charge on any atom is -0.496 e. The molecular formula is C20H31N3O3. The van der Waals surface area contributed by atoms with E-state index in [0.29, 0.717) is 26.1 Å². The van der Waals surface area contributed by atoms with Crippen LogP contribution in [-0.2, 0) is 16.1 Å². The largest absolute Gasteiger partial charge is 0.496 e. The fourth-order valence-electron chi connectivity index (χ4n) is 3.59. The van der Waals surface area contributed by atoms with E-state index in [1.165, 1.54) is 0 Å². The van der Waals surface area contributed by atoms with Crippen LogP contribution in [0.5, 0.6) is 5.75 Å². The Balaban J connectivity index is 1.96. The highest BCUT2D eigenvalue weighted by molar-refractivity contribution is 5.80. The van der Waals surface area contributed by atoms with Gasteiger partial charge in [0.15, 0.2) is 0 Å². The summed E-state index contributed by atoms with van der Waals surface area (Å²) in [6.07, 6.45) is 4.73. The van der Waals surface area contributed by atoms with Crippen molar-refractivity contribution in [2.45, 2.75) is 53.0 Å². The van der Waals surface area contributed by atoms with Crippen LogP contribution in [0.25, 0.3) is 0 Å². The predicted molar refractivity (Wildman–Crippen MR) is 101 cm³/mol. The molecule has 1 aromatic rings. The number of piperidine rings is 1. The molecule has 2 rings (SSSR count). The van der Waals surface area contributed by atoms with E-state index in [4.69, 9.17) is 4.74 Å². The molecule has 0 spiro atoms. The Morgan fingerprint density at radius 3 is 2.54 bits per heavy atom. The van der Waals surface area contributed by atoms with E-state index >= 15 is 0 Å². The van der Waals surface area contributed by atoms with Crippen LogP contribution in [0.15, 0.2) is 6.20 Å². The first-order valence-corrected chi connectivity index (χ1v) is 9.40. The van der Waals surface area contributed by atoms with E-state index in [1.54, 1.807) is 18.2 Å². The van der Waals surface area contributed by atoms with Gasteiger partial charge in [0.05, 0.1) is 19.3 Å². The van der Waals surface area contributed by atoms with Crippen molar-refractivity contribution in [2.24, 2.45) is 5.92 Å². The molecule has 2 amide bonds. The van der Waals surface area contributed by atoms with Crippen molar-refractivity contribution in [3.8, 4) is 5.75 Å². The lowest BCUT2D eigenvalue weighted by molar-refractivity contribution is -0.140. The molecular weight excluding hydrogens is 330 g/mol. The molecule has 0 saturated carbocycles. The molecule has 0 bridgehead atoms. The number of hydrogen-bond acceptors (Lipinski definition) is 4. The third-order valence-corrected chi connectivity index (χ3v) is 5.17. The predicted octanol–water partition coefficient (Wildman–Crippen LogP) is 2.70. The maximum atomic E-state index is 12.8. The van der Waals surface area contributed by atoms with Gasteiger partial charge in [-0.1, -0.05) is 6.92 Å². The van der Waals surface area contributed by atoms with Gasteiger partial charge in [-0.05, 0) is 33.1 Å². The Hall–Kier alpha value is -2.11. The summed E-state index contributed by atoms with van der Waals surface area (Å²) in [5.41, 5.74) is 2.83. The number of ether oxygens (including phenoxy) is 1. The zero-order valence-corrected chi connectivity index (χ0v) is 16.7. The molecule has 6 nitrogen and oxygen atoms in total. The summed E-state index contributed by atoms with van der Waals surface area (Å²) < 4.78 is 5.45. The second kappa shape index (κ2) is 9.01. The number of amides is 2. The summed E-state index contributed by atoms with van der Waals surface area (Å²) in [5.74, 6) is 1.16. The summed E-state index contributed by atoms with van der Waals surface area (Å²) in [6, 6.07) is 0. The minimum atomic E-state index is -0.0154. The van der Waals surface area contributed by atoms with Crippen molar-refractivity contribution in [3.05, 3.63) is 23.0 Å². The van der Waals surface area contributed by atoms with Crippen LogP contribution in [0.4, 0.5) is 0 Å². The average molecular weight is 361 g/mol. The Kier molecular flexibility index (Phi) is 7.00. The number of carbonyl (C=O) groups excluding carboxylic acids is 2. The molecule has 0 aliphatic carbocycles. The number of methoxy groups -OCH3 is 1. The molecule has 0 atom stereocenters. The lowest BCUT2D eigenvalue weighted by Gasteiger charge is -2.33. The summed E-state index contributed by atoms with van der Waals surface area (Å²) in [4.78, 5) is 32.9. The molecule has 0 unspecified atom stereocenters. The van der Waals surface area contributed by atoms with E-state index in [1.807, 2.05) is 32.7 Å². The second-order valence-corrected chi connectivity index (χ2v) is 7.15. The van der Waals surface area contributed by atoms with E-state index in [-0.39, 0.29) is 17.7 Å². The Morgan fingerprint density at radius 2 is 1.96 bits per heavy atom. The summed E-state index contributed by atoms with van der Waals surface area (Å²) in [6.45, 7) is 7.78. The number of nitrogens with zero attached hydrogens (tertiary/aromatic N) is 3. The van der Waals surface area contributed by atoms with Gasteiger partial charge in [-0.3, -0.25) is 14.6 Å². The van der Waals surface area contributed by atoms with Gasteiger partial charge >= 0.3 is 0 Å². The van der Waals surface area contributed by atoms with Crippen LogP contribution in [0, 0.1) is 19.8 Å². The monoisotopic (exact) mass is 361 g/mol. The van der Waals surface area contributed by atoms with E-state index in [9.17, 15) is 9.59 Å². The molecule has 0 N–H and O–H groups in total. The number of pyridine rings is 1. The molecule has 0 radical (unpaired) electrons. The zero-order chi connectivity index (χ0) is 19.3. The highest BCUT2D eigenvalue weighted by Gasteiger charge is 2.29. The van der Waals surface area contributed by atoms with E-state index in [0.717, 1.165) is 41.8 Å². The summed E-state index contributed by atoms with van der Waals surface area (Å²) >= 11 is 0. The Labute approximate surface area is 156 Å². The third kappa shape index (κ3) is 4.54. The van der Waals surface area contributed by atoms with E-state index in [2.05, 4.69) is 4.98 Å². The Bertz CT molecular complexity index is 652. The van der Waals surface area contributed by atoms with Crippen LogP contribution in [0.2, 0.25) is 0 Å². The van der Waals surface area contributed by atoms with Crippen LogP contribution in [0.1, 0.15) is 49.4 Å². The Morgan fingerprint density at radius 1 is 1.31 bits per heavy atom. The first-order valence-electron chi connectivity index (χ1n) is 9.40. The molecule has 0 aromatic carbocycles. The van der Waals surface area contributed by atoms with E-state index < -0.39 is 0 Å². The first kappa shape index (κ1) is 20.2. The van der Waals surface area contributed by atoms with Crippen LogP contribution in [0.3, 0.4) is 0 Å². The SMILES string of the molecule is CCCC(=O)N1CCC(C(=O)N(C)Cc2ncc(C)c(OC)c2C)CC1. The van der Waals surface area contributed by atoms with Crippen molar-refractivity contribution < 1.29 is 14.3 Å². The fourth-order valence-corrected chi connectivity index (χ4v) is 3.59. The molecule has 1 fully saturated rings. The van der Waals surface area contributed by atoms with Crippen molar-refractivity contribution in [2.75, 3.05) is 27.2 Å². The average Bonchev–Trinajstić information content (AvgIpc) is 2.64. The van der Waals surface area contributed by atoms with Gasteiger partial charge < -0.3 is 14.5 Å². The van der Waals surface area contributed by atoms with Gasteiger partial charge in [-0.25, -0.2) is 0 Å². The molecule has 1 saturated heterocycles. The van der Waals surface area contributed by atoms with Crippen molar-refractivity contribution >= 4 is 11.8 Å². The number of likely N-dealkylation sites (tertiary alicyclic amines) is 1.